The summed E-state index contributed by atoms with van der Waals surface area (Å²) in [4.78, 5) is 21.6. The van der Waals surface area contributed by atoms with E-state index >= 15 is 0 Å². The normalized spacial score (nSPS) is 17.4. The lowest BCUT2D eigenvalue weighted by molar-refractivity contribution is -0.130. The molecule has 1 fully saturated rings. The number of rotatable bonds is 4. The number of carbonyl (C=O) groups excluding carboxylic acids is 1. The topological polar surface area (TPSA) is 36.4 Å². The van der Waals surface area contributed by atoms with Crippen molar-refractivity contribution in [3.8, 4) is 0 Å². The number of carbonyl (C=O) groups is 1. The molecule has 1 atom stereocenters. The molecule has 134 valence electrons. The predicted octanol–water partition coefficient (Wildman–Crippen LogP) is 4.14. The van der Waals surface area contributed by atoms with Gasteiger partial charge in [-0.15, -0.1) is 11.3 Å². The van der Waals surface area contributed by atoms with E-state index in [9.17, 15) is 4.79 Å². The number of benzene rings is 2. The van der Waals surface area contributed by atoms with Crippen molar-refractivity contribution < 1.29 is 4.79 Å². The Morgan fingerprint density at radius 2 is 1.96 bits per heavy atom. The molecule has 0 unspecified atom stereocenters. The van der Waals surface area contributed by atoms with E-state index in [2.05, 4.69) is 18.2 Å². The SMILES string of the molecule is CN(CC(=O)N1CCC[C@H](c2nc3ccccc3s2)C1)c1ccccc1. The Hall–Kier alpha value is -2.40. The fourth-order valence-corrected chi connectivity index (χ4v) is 4.64. The Morgan fingerprint density at radius 1 is 1.19 bits per heavy atom. The van der Waals surface area contributed by atoms with Crippen LogP contribution in [-0.2, 0) is 4.79 Å². The summed E-state index contributed by atoms with van der Waals surface area (Å²) in [6, 6.07) is 18.3. The highest BCUT2D eigenvalue weighted by molar-refractivity contribution is 7.18. The molecule has 1 saturated heterocycles. The molecular formula is C21H23N3OS. The van der Waals surface area contributed by atoms with Gasteiger partial charge in [0.1, 0.15) is 0 Å². The van der Waals surface area contributed by atoms with Crippen molar-refractivity contribution in [1.82, 2.24) is 9.88 Å². The highest BCUT2D eigenvalue weighted by atomic mass is 32.1. The van der Waals surface area contributed by atoms with Crippen molar-refractivity contribution in [1.29, 1.82) is 0 Å². The van der Waals surface area contributed by atoms with E-state index in [1.54, 1.807) is 11.3 Å². The summed E-state index contributed by atoms with van der Waals surface area (Å²) < 4.78 is 1.23. The number of hydrogen-bond donors (Lipinski definition) is 0. The number of likely N-dealkylation sites (tertiary alicyclic amines) is 1. The van der Waals surface area contributed by atoms with Gasteiger partial charge in [0, 0.05) is 31.7 Å². The number of amides is 1. The molecule has 0 N–H and O–H groups in total. The van der Waals surface area contributed by atoms with Crippen molar-refractivity contribution in [2.24, 2.45) is 0 Å². The Morgan fingerprint density at radius 3 is 2.77 bits per heavy atom. The number of anilines is 1. The molecular weight excluding hydrogens is 342 g/mol. The molecule has 0 radical (unpaired) electrons. The minimum absolute atomic E-state index is 0.196. The molecule has 4 rings (SSSR count). The van der Waals surface area contributed by atoms with Crippen LogP contribution in [0.25, 0.3) is 10.2 Å². The van der Waals surface area contributed by atoms with Gasteiger partial charge in [-0.3, -0.25) is 4.79 Å². The fraction of sp³-hybridized carbons (Fsp3) is 0.333. The molecule has 26 heavy (non-hydrogen) atoms. The van der Waals surface area contributed by atoms with E-state index in [-0.39, 0.29) is 5.91 Å². The second kappa shape index (κ2) is 7.46. The van der Waals surface area contributed by atoms with Crippen molar-refractivity contribution in [2.75, 3.05) is 31.6 Å². The van der Waals surface area contributed by atoms with E-state index < -0.39 is 0 Å². The van der Waals surface area contributed by atoms with E-state index in [1.165, 1.54) is 9.71 Å². The molecule has 1 aromatic heterocycles. The minimum atomic E-state index is 0.196. The number of aromatic nitrogens is 1. The maximum absolute atomic E-state index is 12.8. The Balaban J connectivity index is 1.43. The van der Waals surface area contributed by atoms with E-state index in [0.29, 0.717) is 12.5 Å². The third-order valence-electron chi connectivity index (χ3n) is 5.00. The number of piperidine rings is 1. The van der Waals surface area contributed by atoms with Crippen LogP contribution in [0.5, 0.6) is 0 Å². The largest absolute Gasteiger partial charge is 0.365 e. The fourth-order valence-electron chi connectivity index (χ4n) is 3.55. The summed E-state index contributed by atoms with van der Waals surface area (Å²) in [5.41, 5.74) is 2.14. The molecule has 1 amide bonds. The molecule has 4 nitrogen and oxygen atoms in total. The van der Waals surface area contributed by atoms with Gasteiger partial charge < -0.3 is 9.80 Å². The second-order valence-electron chi connectivity index (χ2n) is 6.89. The van der Waals surface area contributed by atoms with Crippen LogP contribution in [0.3, 0.4) is 0 Å². The first-order chi connectivity index (χ1) is 12.7. The number of nitrogens with zero attached hydrogens (tertiary/aromatic N) is 3. The lowest BCUT2D eigenvalue weighted by Gasteiger charge is -2.33. The van der Waals surface area contributed by atoms with Gasteiger partial charge in [0.25, 0.3) is 0 Å². The summed E-state index contributed by atoms with van der Waals surface area (Å²) in [6.07, 6.45) is 2.15. The summed E-state index contributed by atoms with van der Waals surface area (Å²) in [6.45, 7) is 2.04. The van der Waals surface area contributed by atoms with E-state index in [0.717, 1.165) is 37.1 Å². The zero-order valence-corrected chi connectivity index (χ0v) is 15.8. The van der Waals surface area contributed by atoms with Crippen molar-refractivity contribution >= 4 is 33.1 Å². The summed E-state index contributed by atoms with van der Waals surface area (Å²) in [5.74, 6) is 0.550. The lowest BCUT2D eigenvalue weighted by atomic mass is 9.98. The third kappa shape index (κ3) is 3.58. The van der Waals surface area contributed by atoms with Crippen LogP contribution in [0.4, 0.5) is 5.69 Å². The van der Waals surface area contributed by atoms with Crippen LogP contribution in [-0.4, -0.2) is 42.5 Å². The number of fused-ring (bicyclic) bond motifs is 1. The molecule has 0 spiro atoms. The maximum Gasteiger partial charge on any atom is 0.242 e. The van der Waals surface area contributed by atoms with Crippen LogP contribution in [0.2, 0.25) is 0 Å². The molecule has 3 aromatic rings. The van der Waals surface area contributed by atoms with Crippen molar-refractivity contribution in [3.63, 3.8) is 0 Å². The van der Waals surface area contributed by atoms with Crippen molar-refractivity contribution in [3.05, 3.63) is 59.6 Å². The molecule has 0 aliphatic carbocycles. The van der Waals surface area contributed by atoms with Gasteiger partial charge in [-0.05, 0) is 37.1 Å². The average Bonchev–Trinajstić information content (AvgIpc) is 3.13. The molecule has 2 heterocycles. The van der Waals surface area contributed by atoms with Gasteiger partial charge in [0.2, 0.25) is 5.91 Å². The monoisotopic (exact) mass is 365 g/mol. The maximum atomic E-state index is 12.8. The van der Waals surface area contributed by atoms with Crippen LogP contribution < -0.4 is 4.90 Å². The molecule has 1 aliphatic rings. The second-order valence-corrected chi connectivity index (χ2v) is 7.95. The number of para-hydroxylation sites is 2. The van der Waals surface area contributed by atoms with Gasteiger partial charge in [-0.1, -0.05) is 30.3 Å². The van der Waals surface area contributed by atoms with Gasteiger partial charge >= 0.3 is 0 Å². The quantitative estimate of drug-likeness (QED) is 0.697. The lowest BCUT2D eigenvalue weighted by Crippen LogP contribution is -2.43. The average molecular weight is 366 g/mol. The van der Waals surface area contributed by atoms with Gasteiger partial charge in [-0.2, -0.15) is 0 Å². The number of likely N-dealkylation sites (N-methyl/N-ethyl adjacent to an activating group) is 1. The third-order valence-corrected chi connectivity index (χ3v) is 6.20. The molecule has 5 heteroatoms. The van der Waals surface area contributed by atoms with E-state index in [1.807, 2.05) is 53.2 Å². The van der Waals surface area contributed by atoms with Crippen molar-refractivity contribution in [2.45, 2.75) is 18.8 Å². The van der Waals surface area contributed by atoms with Crippen LogP contribution in [0.1, 0.15) is 23.8 Å². The van der Waals surface area contributed by atoms with Crippen LogP contribution >= 0.6 is 11.3 Å². The standard InChI is InChI=1S/C21H23N3OS/c1-23(17-9-3-2-4-10-17)15-20(25)24-13-7-8-16(14-24)21-22-18-11-5-6-12-19(18)26-21/h2-6,9-12,16H,7-8,13-15H2,1H3/t16-/m0/s1. The molecule has 0 saturated carbocycles. The summed E-state index contributed by atoms with van der Waals surface area (Å²) >= 11 is 1.77. The zero-order valence-electron chi connectivity index (χ0n) is 15.0. The first-order valence-electron chi connectivity index (χ1n) is 9.10. The number of thiazole rings is 1. The number of hydrogen-bond acceptors (Lipinski definition) is 4. The van der Waals surface area contributed by atoms with Gasteiger partial charge in [0.15, 0.2) is 0 Å². The minimum Gasteiger partial charge on any atom is -0.365 e. The molecule has 2 aromatic carbocycles. The highest BCUT2D eigenvalue weighted by Crippen LogP contribution is 2.33. The van der Waals surface area contributed by atoms with E-state index in [4.69, 9.17) is 4.98 Å². The summed E-state index contributed by atoms with van der Waals surface area (Å²) in [7, 11) is 1.97. The Bertz CT molecular complexity index is 859. The Labute approximate surface area is 158 Å². The molecule has 1 aliphatic heterocycles. The first kappa shape index (κ1) is 17.0. The predicted molar refractivity (Wildman–Crippen MR) is 108 cm³/mol. The first-order valence-corrected chi connectivity index (χ1v) is 9.92. The molecule has 0 bridgehead atoms. The van der Waals surface area contributed by atoms with Crippen LogP contribution in [0.15, 0.2) is 54.6 Å². The summed E-state index contributed by atoms with van der Waals surface area (Å²) in [5, 5.41) is 1.17. The zero-order chi connectivity index (χ0) is 17.9. The highest BCUT2D eigenvalue weighted by Gasteiger charge is 2.27. The Kier molecular flexibility index (Phi) is 4.89. The van der Waals surface area contributed by atoms with Gasteiger partial charge in [-0.25, -0.2) is 4.98 Å². The smallest absolute Gasteiger partial charge is 0.242 e. The van der Waals surface area contributed by atoms with Gasteiger partial charge in [0.05, 0.1) is 21.8 Å². The van der Waals surface area contributed by atoms with Crippen LogP contribution in [0, 0.1) is 0 Å².